The van der Waals surface area contributed by atoms with Crippen LogP contribution in [-0.4, -0.2) is 19.6 Å². The zero-order valence-corrected chi connectivity index (χ0v) is 13.7. The van der Waals surface area contributed by atoms with E-state index in [1.807, 2.05) is 24.3 Å². The van der Waals surface area contributed by atoms with E-state index in [2.05, 4.69) is 41.4 Å². The molecule has 0 saturated heterocycles. The van der Waals surface area contributed by atoms with Gasteiger partial charge in [-0.25, -0.2) is 0 Å². The molecule has 2 aliphatic rings. The van der Waals surface area contributed by atoms with Gasteiger partial charge in [-0.3, -0.25) is 4.79 Å². The van der Waals surface area contributed by atoms with Crippen LogP contribution in [0.3, 0.4) is 0 Å². The van der Waals surface area contributed by atoms with E-state index in [9.17, 15) is 4.79 Å². The smallest absolute Gasteiger partial charge is 0.250 e. The van der Waals surface area contributed by atoms with Crippen molar-refractivity contribution >= 4 is 17.2 Å². The molecule has 120 valence electrons. The molecule has 0 spiro atoms. The lowest BCUT2D eigenvalue weighted by atomic mass is 10.1. The summed E-state index contributed by atoms with van der Waals surface area (Å²) < 4.78 is 5.23. The second kappa shape index (κ2) is 5.57. The van der Waals surface area contributed by atoms with Gasteiger partial charge in [-0.2, -0.15) is 0 Å². The van der Waals surface area contributed by atoms with E-state index in [1.165, 1.54) is 5.56 Å². The Morgan fingerprint density at radius 2 is 1.75 bits per heavy atom. The first-order chi connectivity index (χ1) is 11.7. The van der Waals surface area contributed by atoms with E-state index >= 15 is 0 Å². The Morgan fingerprint density at radius 1 is 1.04 bits per heavy atom. The van der Waals surface area contributed by atoms with Crippen LogP contribution in [0.2, 0.25) is 0 Å². The molecule has 0 aromatic heterocycles. The molecule has 1 N–H and O–H groups in total. The molecule has 4 nitrogen and oxygen atoms in total. The maximum atomic E-state index is 11.9. The highest BCUT2D eigenvalue weighted by molar-refractivity contribution is 6.01. The molecular weight excluding hydrogens is 300 g/mol. The van der Waals surface area contributed by atoms with Crippen LogP contribution in [-0.2, 0) is 4.79 Å². The molecule has 2 aromatic carbocycles. The number of carbonyl (C=O) groups excluding carboxylic acids is 1. The number of carbonyl (C=O) groups is 1. The summed E-state index contributed by atoms with van der Waals surface area (Å²) in [7, 11) is 1.66. The van der Waals surface area contributed by atoms with Crippen LogP contribution in [0.1, 0.15) is 11.1 Å². The monoisotopic (exact) mass is 318 g/mol. The first-order valence-electron chi connectivity index (χ1n) is 7.90. The summed E-state index contributed by atoms with van der Waals surface area (Å²) in [5.74, 6) is 0.756. The number of amides is 1. The van der Waals surface area contributed by atoms with E-state index in [0.29, 0.717) is 0 Å². The van der Waals surface area contributed by atoms with Crippen molar-refractivity contribution in [3.05, 3.63) is 77.1 Å². The number of hydrogen-bond donors (Lipinski definition) is 1. The second-order valence-corrected chi connectivity index (χ2v) is 6.02. The largest absolute Gasteiger partial charge is 0.497 e. The fourth-order valence-corrected chi connectivity index (χ4v) is 3.17. The van der Waals surface area contributed by atoms with Gasteiger partial charge in [-0.05, 0) is 36.8 Å². The van der Waals surface area contributed by atoms with E-state index in [-0.39, 0.29) is 5.91 Å². The van der Waals surface area contributed by atoms with Gasteiger partial charge in [0.2, 0.25) is 0 Å². The van der Waals surface area contributed by atoms with Gasteiger partial charge in [0.15, 0.2) is 0 Å². The Kier molecular flexibility index (Phi) is 3.38. The lowest BCUT2D eigenvalue weighted by Crippen LogP contribution is -2.18. The minimum Gasteiger partial charge on any atom is -0.497 e. The van der Waals surface area contributed by atoms with Crippen LogP contribution in [0.25, 0.3) is 5.57 Å². The maximum absolute atomic E-state index is 11.9. The normalized spacial score (nSPS) is 16.2. The molecule has 1 amide bonds. The first kappa shape index (κ1) is 14.6. The topological polar surface area (TPSA) is 41.6 Å². The van der Waals surface area contributed by atoms with Gasteiger partial charge in [-0.15, -0.1) is 0 Å². The number of aryl methyl sites for hydroxylation is 1. The Bertz CT molecular complexity index is 862. The molecular formula is C20H18N2O2. The van der Waals surface area contributed by atoms with Crippen molar-refractivity contribution in [3.63, 3.8) is 0 Å². The Morgan fingerprint density at radius 3 is 2.42 bits per heavy atom. The van der Waals surface area contributed by atoms with Crippen molar-refractivity contribution < 1.29 is 9.53 Å². The molecule has 0 atom stereocenters. The predicted octanol–water partition coefficient (Wildman–Crippen LogP) is 3.25. The van der Waals surface area contributed by atoms with Gasteiger partial charge in [0.1, 0.15) is 5.75 Å². The number of nitrogens with zero attached hydrogens (tertiary/aromatic N) is 1. The molecule has 2 aliphatic heterocycles. The number of hydrogen-bond acceptors (Lipinski definition) is 3. The number of rotatable bonds is 3. The third-order valence-corrected chi connectivity index (χ3v) is 4.47. The van der Waals surface area contributed by atoms with Gasteiger partial charge >= 0.3 is 0 Å². The number of methoxy groups -OCH3 is 1. The van der Waals surface area contributed by atoms with Crippen molar-refractivity contribution in [2.75, 3.05) is 18.6 Å². The average Bonchev–Trinajstić information content (AvgIpc) is 3.13. The third-order valence-electron chi connectivity index (χ3n) is 4.47. The van der Waals surface area contributed by atoms with E-state index in [4.69, 9.17) is 4.74 Å². The maximum Gasteiger partial charge on any atom is 0.250 e. The van der Waals surface area contributed by atoms with Gasteiger partial charge in [0.05, 0.1) is 25.0 Å². The predicted molar refractivity (Wildman–Crippen MR) is 94.7 cm³/mol. The van der Waals surface area contributed by atoms with Crippen LogP contribution in [0.15, 0.2) is 66.0 Å². The molecule has 0 bridgehead atoms. The molecule has 0 radical (unpaired) electrons. The molecule has 4 heteroatoms. The van der Waals surface area contributed by atoms with Crippen molar-refractivity contribution in [3.8, 4) is 5.75 Å². The van der Waals surface area contributed by atoms with Gasteiger partial charge < -0.3 is 15.0 Å². The van der Waals surface area contributed by atoms with Crippen LogP contribution in [0.4, 0.5) is 5.69 Å². The zero-order valence-electron chi connectivity index (χ0n) is 13.7. The minimum atomic E-state index is -0.0668. The Balaban J connectivity index is 1.74. The number of ether oxygens (including phenoxy) is 1. The van der Waals surface area contributed by atoms with Crippen LogP contribution in [0.5, 0.6) is 5.75 Å². The Labute approximate surface area is 141 Å². The summed E-state index contributed by atoms with van der Waals surface area (Å²) in [6.07, 6.45) is 1.67. The molecule has 24 heavy (non-hydrogen) atoms. The third kappa shape index (κ3) is 2.36. The van der Waals surface area contributed by atoms with Crippen molar-refractivity contribution in [1.29, 1.82) is 0 Å². The zero-order chi connectivity index (χ0) is 16.7. The van der Waals surface area contributed by atoms with Gasteiger partial charge in [0, 0.05) is 17.3 Å². The molecule has 0 unspecified atom stereocenters. The summed E-state index contributed by atoms with van der Waals surface area (Å²) in [5, 5.41) is 2.98. The van der Waals surface area contributed by atoms with Crippen LogP contribution < -0.4 is 15.0 Å². The van der Waals surface area contributed by atoms with Gasteiger partial charge in [-0.1, -0.05) is 29.8 Å². The lowest BCUT2D eigenvalue weighted by Gasteiger charge is -2.20. The highest BCUT2D eigenvalue weighted by Gasteiger charge is 2.33. The van der Waals surface area contributed by atoms with Crippen LogP contribution >= 0.6 is 0 Å². The minimum absolute atomic E-state index is 0.0668. The molecule has 0 aliphatic carbocycles. The average molecular weight is 318 g/mol. The van der Waals surface area contributed by atoms with Crippen molar-refractivity contribution in [2.45, 2.75) is 6.92 Å². The lowest BCUT2D eigenvalue weighted by molar-refractivity contribution is -0.115. The van der Waals surface area contributed by atoms with Crippen molar-refractivity contribution in [1.82, 2.24) is 5.32 Å². The SMILES string of the molecule is COc1ccc(C2=C3NC(=O)C=C3N(c3ccc(C)cc3)C2)cc1. The summed E-state index contributed by atoms with van der Waals surface area (Å²) in [4.78, 5) is 14.1. The molecule has 4 rings (SSSR count). The summed E-state index contributed by atoms with van der Waals surface area (Å²) >= 11 is 0. The summed E-state index contributed by atoms with van der Waals surface area (Å²) in [6, 6.07) is 16.3. The quantitative estimate of drug-likeness (QED) is 0.944. The second-order valence-electron chi connectivity index (χ2n) is 6.02. The highest BCUT2D eigenvalue weighted by atomic mass is 16.5. The fourth-order valence-electron chi connectivity index (χ4n) is 3.17. The highest BCUT2D eigenvalue weighted by Crippen LogP contribution is 2.38. The van der Waals surface area contributed by atoms with Gasteiger partial charge in [0.25, 0.3) is 5.91 Å². The summed E-state index contributed by atoms with van der Waals surface area (Å²) in [6.45, 7) is 2.80. The number of nitrogens with one attached hydrogen (secondary N) is 1. The molecule has 0 saturated carbocycles. The standard InChI is InChI=1S/C20H18N2O2/c1-13-3-7-15(8-4-13)22-12-17(20-18(22)11-19(23)21-20)14-5-9-16(24-2)10-6-14/h3-11H,12H2,1-2H3,(H,21,23). The number of fused-ring (bicyclic) bond motifs is 1. The van der Waals surface area contributed by atoms with E-state index in [1.54, 1.807) is 13.2 Å². The van der Waals surface area contributed by atoms with E-state index in [0.717, 1.165) is 40.5 Å². The molecule has 2 aromatic rings. The number of anilines is 1. The fraction of sp³-hybridized carbons (Fsp3) is 0.150. The van der Waals surface area contributed by atoms with Crippen LogP contribution in [0, 0.1) is 6.92 Å². The molecule has 2 heterocycles. The van der Waals surface area contributed by atoms with E-state index < -0.39 is 0 Å². The first-order valence-corrected chi connectivity index (χ1v) is 7.90. The van der Waals surface area contributed by atoms with Crippen molar-refractivity contribution in [2.24, 2.45) is 0 Å². The Hall–Kier alpha value is -3.01. The number of benzene rings is 2. The molecule has 0 fully saturated rings. The summed E-state index contributed by atoms with van der Waals surface area (Å²) in [5.41, 5.74) is 6.37.